The number of aliphatic carboxylic acids is 2. The molecule has 3 N–H and O–H groups in total. The van der Waals surface area contributed by atoms with Gasteiger partial charge in [0.15, 0.2) is 5.75 Å². The fourth-order valence-electron chi connectivity index (χ4n) is 1.82. The Morgan fingerprint density at radius 2 is 1.38 bits per heavy atom. The molecule has 0 amide bonds. The lowest BCUT2D eigenvalue weighted by molar-refractivity contribution is -0.193. The van der Waals surface area contributed by atoms with E-state index in [1.54, 1.807) is 12.4 Å². The van der Waals surface area contributed by atoms with Crippen LogP contribution in [-0.4, -0.2) is 57.6 Å². The highest BCUT2D eigenvalue weighted by Crippen LogP contribution is 2.17. The van der Waals surface area contributed by atoms with E-state index in [0.29, 0.717) is 12.5 Å². The number of carboxylic acid groups (broad SMARTS) is 2. The van der Waals surface area contributed by atoms with Gasteiger partial charge in [-0.25, -0.2) is 19.6 Å². The van der Waals surface area contributed by atoms with E-state index < -0.39 is 24.3 Å². The lowest BCUT2D eigenvalue weighted by Gasteiger charge is -2.25. The van der Waals surface area contributed by atoms with Crippen molar-refractivity contribution >= 4 is 11.9 Å². The molecule has 1 saturated heterocycles. The average molecular weight is 469 g/mol. The molecule has 0 unspecified atom stereocenters. The highest BCUT2D eigenvalue weighted by molar-refractivity contribution is 5.73. The summed E-state index contributed by atoms with van der Waals surface area (Å²) >= 11 is 0. The van der Waals surface area contributed by atoms with Crippen molar-refractivity contribution in [3.63, 3.8) is 0 Å². The number of carbonyl (C=O) groups is 2. The summed E-state index contributed by atoms with van der Waals surface area (Å²) in [6.07, 6.45) is -6.66. The number of hydrogen-bond acceptors (Lipinski definition) is 6. The van der Waals surface area contributed by atoms with E-state index in [-0.39, 0.29) is 0 Å². The van der Waals surface area contributed by atoms with Crippen LogP contribution < -0.4 is 10.1 Å². The summed E-state index contributed by atoms with van der Waals surface area (Å²) < 4.78 is 69.1. The fourth-order valence-corrected chi connectivity index (χ4v) is 1.82. The standard InChI is InChI=1S/C14H15N3O.2C2HF3O2/c1-2-4-11(5-3-1)10-18-13-8-16-14(17-9-13)12-6-15-7-12;2*3-2(4,5)1(6)7/h1-5,8-9,12,15H,6-7,10H2;2*(H,6,7). The summed E-state index contributed by atoms with van der Waals surface area (Å²) in [5.74, 6) is -3.43. The minimum Gasteiger partial charge on any atom is -0.486 e. The van der Waals surface area contributed by atoms with Crippen molar-refractivity contribution in [2.45, 2.75) is 24.9 Å². The second kappa shape index (κ2) is 11.8. The molecule has 1 aromatic heterocycles. The molecule has 2 aromatic rings. The highest BCUT2D eigenvalue weighted by Gasteiger charge is 2.38. The van der Waals surface area contributed by atoms with E-state index in [4.69, 9.17) is 24.5 Å². The zero-order valence-corrected chi connectivity index (χ0v) is 16.0. The monoisotopic (exact) mass is 469 g/mol. The van der Waals surface area contributed by atoms with Crippen LogP contribution in [0.2, 0.25) is 0 Å². The molecule has 14 heteroatoms. The van der Waals surface area contributed by atoms with Crippen molar-refractivity contribution in [2.24, 2.45) is 0 Å². The van der Waals surface area contributed by atoms with Gasteiger partial charge < -0.3 is 20.3 Å². The largest absolute Gasteiger partial charge is 0.490 e. The van der Waals surface area contributed by atoms with Gasteiger partial charge in [-0.1, -0.05) is 30.3 Å². The molecule has 1 aliphatic rings. The smallest absolute Gasteiger partial charge is 0.486 e. The first kappa shape index (κ1) is 26.6. The normalized spacial score (nSPS) is 13.4. The Labute approximate surface area is 176 Å². The molecule has 176 valence electrons. The van der Waals surface area contributed by atoms with E-state index in [9.17, 15) is 26.3 Å². The van der Waals surface area contributed by atoms with E-state index in [1.165, 1.54) is 0 Å². The van der Waals surface area contributed by atoms with Crippen molar-refractivity contribution in [1.29, 1.82) is 0 Å². The molecule has 0 radical (unpaired) electrons. The number of aromatic nitrogens is 2. The minimum absolute atomic E-state index is 0.466. The maximum absolute atomic E-state index is 10.6. The highest BCUT2D eigenvalue weighted by atomic mass is 19.4. The molecule has 0 atom stereocenters. The molecular weight excluding hydrogens is 452 g/mol. The van der Waals surface area contributed by atoms with Crippen molar-refractivity contribution in [2.75, 3.05) is 13.1 Å². The molecule has 2 heterocycles. The van der Waals surface area contributed by atoms with Crippen molar-refractivity contribution in [3.05, 3.63) is 54.1 Å². The van der Waals surface area contributed by atoms with Crippen LogP contribution in [-0.2, 0) is 16.2 Å². The molecular formula is C18H17F6N3O5. The van der Waals surface area contributed by atoms with Gasteiger partial charge in [0.05, 0.1) is 12.4 Å². The third-order valence-corrected chi connectivity index (χ3v) is 3.53. The lowest BCUT2D eigenvalue weighted by Crippen LogP contribution is -2.40. The van der Waals surface area contributed by atoms with Gasteiger partial charge >= 0.3 is 24.3 Å². The van der Waals surface area contributed by atoms with Crippen molar-refractivity contribution < 1.29 is 50.9 Å². The number of ether oxygens (including phenoxy) is 1. The van der Waals surface area contributed by atoms with Crippen LogP contribution in [0, 0.1) is 0 Å². The van der Waals surface area contributed by atoms with Gasteiger partial charge in [0, 0.05) is 19.0 Å². The van der Waals surface area contributed by atoms with Gasteiger partial charge in [-0.3, -0.25) is 0 Å². The Hall–Kier alpha value is -3.42. The fraction of sp³-hybridized carbons (Fsp3) is 0.333. The van der Waals surface area contributed by atoms with Gasteiger partial charge in [-0.2, -0.15) is 26.3 Å². The lowest BCUT2D eigenvalue weighted by atomic mass is 10.0. The van der Waals surface area contributed by atoms with Gasteiger partial charge in [-0.05, 0) is 5.56 Å². The number of hydrogen-bond donors (Lipinski definition) is 3. The first-order chi connectivity index (χ1) is 14.8. The Kier molecular flexibility index (Phi) is 9.84. The predicted octanol–water partition coefficient (Wildman–Crippen LogP) is 3.01. The Balaban J connectivity index is 0.000000305. The third-order valence-electron chi connectivity index (χ3n) is 3.53. The van der Waals surface area contributed by atoms with Crippen LogP contribution >= 0.6 is 0 Å². The maximum Gasteiger partial charge on any atom is 0.490 e. The van der Waals surface area contributed by atoms with E-state index in [1.807, 2.05) is 30.3 Å². The minimum atomic E-state index is -5.08. The zero-order valence-electron chi connectivity index (χ0n) is 16.0. The van der Waals surface area contributed by atoms with E-state index in [2.05, 4.69) is 15.3 Å². The summed E-state index contributed by atoms with van der Waals surface area (Å²) in [5.41, 5.74) is 1.14. The molecule has 0 aliphatic carbocycles. The van der Waals surface area contributed by atoms with Crippen LogP contribution in [0.25, 0.3) is 0 Å². The SMILES string of the molecule is O=C(O)C(F)(F)F.O=C(O)C(F)(F)F.c1ccc(COc2cnc(C3CNC3)nc2)cc1. The van der Waals surface area contributed by atoms with Crippen LogP contribution in [0.5, 0.6) is 5.75 Å². The van der Waals surface area contributed by atoms with Crippen LogP contribution in [0.4, 0.5) is 26.3 Å². The number of carboxylic acids is 2. The quantitative estimate of drug-likeness (QED) is 0.585. The van der Waals surface area contributed by atoms with Gasteiger partial charge in [-0.15, -0.1) is 0 Å². The van der Waals surface area contributed by atoms with Gasteiger partial charge in [0.2, 0.25) is 0 Å². The molecule has 1 aromatic carbocycles. The van der Waals surface area contributed by atoms with E-state index >= 15 is 0 Å². The Morgan fingerprint density at radius 1 is 0.938 bits per heavy atom. The van der Waals surface area contributed by atoms with Crippen molar-refractivity contribution in [3.8, 4) is 5.75 Å². The number of alkyl halides is 6. The number of benzene rings is 1. The zero-order chi connectivity index (χ0) is 24.4. The molecule has 32 heavy (non-hydrogen) atoms. The predicted molar refractivity (Wildman–Crippen MR) is 95.8 cm³/mol. The van der Waals surface area contributed by atoms with Gasteiger partial charge in [0.1, 0.15) is 12.4 Å². The summed E-state index contributed by atoms with van der Waals surface area (Å²) in [6.45, 7) is 2.50. The summed E-state index contributed by atoms with van der Waals surface area (Å²) in [6, 6.07) is 10.1. The van der Waals surface area contributed by atoms with E-state index in [0.717, 1.165) is 30.2 Å². The third kappa shape index (κ3) is 10.1. The second-order valence-corrected chi connectivity index (χ2v) is 6.01. The van der Waals surface area contributed by atoms with Gasteiger partial charge in [0.25, 0.3) is 0 Å². The maximum atomic E-state index is 10.6. The first-order valence-corrected chi connectivity index (χ1v) is 8.60. The Bertz CT molecular complexity index is 832. The molecule has 0 spiro atoms. The van der Waals surface area contributed by atoms with Crippen LogP contribution in [0.3, 0.4) is 0 Å². The van der Waals surface area contributed by atoms with Crippen LogP contribution in [0.1, 0.15) is 17.3 Å². The summed E-state index contributed by atoms with van der Waals surface area (Å²) in [4.78, 5) is 26.5. The van der Waals surface area contributed by atoms with Crippen molar-refractivity contribution in [1.82, 2.24) is 15.3 Å². The second-order valence-electron chi connectivity index (χ2n) is 6.01. The molecule has 3 rings (SSSR count). The van der Waals surface area contributed by atoms with Crippen LogP contribution in [0.15, 0.2) is 42.7 Å². The summed E-state index contributed by atoms with van der Waals surface area (Å²) in [7, 11) is 0. The number of nitrogens with one attached hydrogen (secondary N) is 1. The molecule has 8 nitrogen and oxygen atoms in total. The first-order valence-electron chi connectivity index (χ1n) is 8.60. The molecule has 1 aliphatic heterocycles. The average Bonchev–Trinajstić information content (AvgIpc) is 2.66. The molecule has 1 fully saturated rings. The molecule has 0 saturated carbocycles. The Morgan fingerprint density at radius 3 is 1.72 bits per heavy atom. The molecule has 0 bridgehead atoms. The number of nitrogens with zero attached hydrogens (tertiary/aromatic N) is 2. The number of halogens is 6. The topological polar surface area (TPSA) is 122 Å². The number of rotatable bonds is 4. The summed E-state index contributed by atoms with van der Waals surface area (Å²) in [5, 5.41) is 17.5.